The van der Waals surface area contributed by atoms with Crippen LogP contribution in [0.3, 0.4) is 0 Å². The summed E-state index contributed by atoms with van der Waals surface area (Å²) in [5, 5.41) is 5.33. The van der Waals surface area contributed by atoms with Gasteiger partial charge in [0.05, 0.1) is 5.75 Å². The lowest BCUT2D eigenvalue weighted by molar-refractivity contribution is -0.121. The molecule has 0 rings (SSSR count). The Morgan fingerprint density at radius 1 is 1.50 bits per heavy atom. The summed E-state index contributed by atoms with van der Waals surface area (Å²) in [6.07, 6.45) is 0.236. The summed E-state index contributed by atoms with van der Waals surface area (Å²) in [5.74, 6) is -0.546. The first-order valence-electron chi connectivity index (χ1n) is 4.83. The van der Waals surface area contributed by atoms with Crippen LogP contribution in [-0.4, -0.2) is 44.3 Å². The molecule has 6 nitrogen and oxygen atoms in total. The lowest BCUT2D eigenvalue weighted by Gasteiger charge is -2.16. The molecule has 94 valence electrons. The molecule has 3 N–H and O–H groups in total. The normalized spacial score (nSPS) is 13.2. The first kappa shape index (κ1) is 15.1. The average Bonchev–Trinajstić information content (AvgIpc) is 2.14. The van der Waals surface area contributed by atoms with Crippen LogP contribution in [0.25, 0.3) is 0 Å². The van der Waals surface area contributed by atoms with Crippen molar-refractivity contribution in [1.82, 2.24) is 10.6 Å². The van der Waals surface area contributed by atoms with Gasteiger partial charge in [-0.1, -0.05) is 12.2 Å². The molecule has 16 heavy (non-hydrogen) atoms. The van der Waals surface area contributed by atoms with Gasteiger partial charge in [-0.05, 0) is 19.9 Å². The summed E-state index contributed by atoms with van der Waals surface area (Å²) in [6, 6.07) is -0.536. The van der Waals surface area contributed by atoms with E-state index in [1.165, 1.54) is 7.05 Å². The fourth-order valence-electron chi connectivity index (χ4n) is 1.14. The molecule has 0 radical (unpaired) electrons. The quantitative estimate of drug-likeness (QED) is 0.323. The summed E-state index contributed by atoms with van der Waals surface area (Å²) >= 11 is 0. The van der Waals surface area contributed by atoms with E-state index in [0.29, 0.717) is 12.1 Å². The van der Waals surface area contributed by atoms with Crippen LogP contribution in [0.5, 0.6) is 0 Å². The highest BCUT2D eigenvalue weighted by Crippen LogP contribution is 1.98. The third kappa shape index (κ3) is 6.54. The van der Waals surface area contributed by atoms with Gasteiger partial charge in [0.2, 0.25) is 5.91 Å². The van der Waals surface area contributed by atoms with Crippen molar-refractivity contribution in [2.24, 2.45) is 0 Å². The topological polar surface area (TPSA) is 95.5 Å². The Hall–Kier alpha value is -0.920. The van der Waals surface area contributed by atoms with Crippen molar-refractivity contribution in [1.29, 1.82) is 0 Å². The molecular weight excluding hydrogens is 232 g/mol. The van der Waals surface area contributed by atoms with Gasteiger partial charge in [-0.3, -0.25) is 9.35 Å². The molecule has 1 amide bonds. The zero-order chi connectivity index (χ0) is 12.8. The van der Waals surface area contributed by atoms with E-state index in [9.17, 15) is 13.2 Å². The van der Waals surface area contributed by atoms with Gasteiger partial charge in [0.25, 0.3) is 10.1 Å². The van der Waals surface area contributed by atoms with Gasteiger partial charge < -0.3 is 10.6 Å². The predicted octanol–water partition coefficient (Wildman–Crippen LogP) is -0.455. The number of rotatable bonds is 7. The number of carbonyl (C=O) groups excluding carboxylic acids is 1. The monoisotopic (exact) mass is 250 g/mol. The van der Waals surface area contributed by atoms with E-state index in [0.717, 1.165) is 0 Å². The minimum Gasteiger partial charge on any atom is -0.358 e. The van der Waals surface area contributed by atoms with Crippen molar-refractivity contribution < 1.29 is 17.8 Å². The molecule has 1 atom stereocenters. The molecular formula is C9H18N2O4S. The van der Waals surface area contributed by atoms with Crippen molar-refractivity contribution >= 4 is 16.0 Å². The van der Waals surface area contributed by atoms with E-state index in [1.807, 2.05) is 0 Å². The maximum absolute atomic E-state index is 11.3. The van der Waals surface area contributed by atoms with Crippen LogP contribution in [0.2, 0.25) is 0 Å². The molecule has 0 aromatic rings. The van der Waals surface area contributed by atoms with E-state index in [4.69, 9.17) is 4.55 Å². The van der Waals surface area contributed by atoms with Crippen LogP contribution < -0.4 is 10.6 Å². The molecule has 0 fully saturated rings. The van der Waals surface area contributed by atoms with Gasteiger partial charge in [-0.25, -0.2) is 0 Å². The second-order valence-electron chi connectivity index (χ2n) is 3.49. The molecule has 0 aliphatic heterocycles. The lowest BCUT2D eigenvalue weighted by atomic mass is 10.1. The SMILES string of the molecule is C=C(C)[C@H](NCCCS(=O)(=O)O)C(=O)NC. The molecule has 0 spiro atoms. The van der Waals surface area contributed by atoms with Crippen LogP contribution in [0.1, 0.15) is 13.3 Å². The third-order valence-corrected chi connectivity index (χ3v) is 2.73. The maximum atomic E-state index is 11.3. The molecule has 0 saturated carbocycles. The smallest absolute Gasteiger partial charge is 0.264 e. The van der Waals surface area contributed by atoms with Crippen molar-refractivity contribution in [3.05, 3.63) is 12.2 Å². The number of hydrogen-bond acceptors (Lipinski definition) is 4. The van der Waals surface area contributed by atoms with Crippen LogP contribution in [-0.2, 0) is 14.9 Å². The molecule has 0 aromatic heterocycles. The molecule has 0 unspecified atom stereocenters. The average molecular weight is 250 g/mol. The van der Waals surface area contributed by atoms with Gasteiger partial charge in [-0.15, -0.1) is 0 Å². The van der Waals surface area contributed by atoms with Gasteiger partial charge in [-0.2, -0.15) is 8.42 Å². The highest BCUT2D eigenvalue weighted by atomic mass is 32.2. The molecule has 0 saturated heterocycles. The van der Waals surface area contributed by atoms with Crippen molar-refractivity contribution in [3.8, 4) is 0 Å². The van der Waals surface area contributed by atoms with Crippen LogP contribution in [0.4, 0.5) is 0 Å². The van der Waals surface area contributed by atoms with Crippen LogP contribution >= 0.6 is 0 Å². The molecule has 0 heterocycles. The van der Waals surface area contributed by atoms with Crippen molar-refractivity contribution in [2.75, 3.05) is 19.3 Å². The van der Waals surface area contributed by atoms with E-state index in [1.54, 1.807) is 6.92 Å². The molecule has 0 aromatic carbocycles. The summed E-state index contributed by atoms with van der Waals surface area (Å²) in [7, 11) is -2.42. The molecule has 7 heteroatoms. The Kier molecular flexibility index (Phi) is 6.24. The van der Waals surface area contributed by atoms with E-state index in [2.05, 4.69) is 17.2 Å². The first-order chi connectivity index (χ1) is 7.28. The van der Waals surface area contributed by atoms with E-state index < -0.39 is 16.2 Å². The molecule has 0 aliphatic carbocycles. The summed E-state index contributed by atoms with van der Waals surface area (Å²) in [4.78, 5) is 11.3. The van der Waals surface area contributed by atoms with Crippen LogP contribution in [0.15, 0.2) is 12.2 Å². The zero-order valence-corrected chi connectivity index (χ0v) is 10.3. The number of hydrogen-bond donors (Lipinski definition) is 3. The Morgan fingerprint density at radius 2 is 2.06 bits per heavy atom. The second-order valence-corrected chi connectivity index (χ2v) is 5.06. The van der Waals surface area contributed by atoms with E-state index >= 15 is 0 Å². The Balaban J connectivity index is 4.05. The number of likely N-dealkylation sites (N-methyl/N-ethyl adjacent to an activating group) is 1. The van der Waals surface area contributed by atoms with Gasteiger partial charge in [0.15, 0.2) is 0 Å². The highest BCUT2D eigenvalue weighted by molar-refractivity contribution is 7.85. The summed E-state index contributed by atoms with van der Waals surface area (Å²) in [6.45, 7) is 5.68. The van der Waals surface area contributed by atoms with E-state index in [-0.39, 0.29) is 18.1 Å². The Labute approximate surface area is 95.9 Å². The molecule has 0 aliphatic rings. The number of nitrogens with one attached hydrogen (secondary N) is 2. The Bertz CT molecular complexity index is 351. The third-order valence-electron chi connectivity index (χ3n) is 1.93. The van der Waals surface area contributed by atoms with Gasteiger partial charge in [0.1, 0.15) is 6.04 Å². The first-order valence-corrected chi connectivity index (χ1v) is 6.44. The number of amides is 1. The summed E-state index contributed by atoms with van der Waals surface area (Å²) in [5.41, 5.74) is 0.645. The standard InChI is InChI=1S/C9H18N2O4S/c1-7(2)8(9(12)10-3)11-5-4-6-16(13,14)15/h8,11H,1,4-6H2,2-3H3,(H,10,12)(H,13,14,15)/t8-/m0/s1. The second kappa shape index (κ2) is 6.62. The predicted molar refractivity (Wildman–Crippen MR) is 61.7 cm³/mol. The van der Waals surface area contributed by atoms with Crippen LogP contribution in [0, 0.1) is 0 Å². The van der Waals surface area contributed by atoms with Gasteiger partial charge >= 0.3 is 0 Å². The summed E-state index contributed by atoms with van der Waals surface area (Å²) < 4.78 is 29.4. The largest absolute Gasteiger partial charge is 0.358 e. The maximum Gasteiger partial charge on any atom is 0.264 e. The fraction of sp³-hybridized carbons (Fsp3) is 0.667. The zero-order valence-electron chi connectivity index (χ0n) is 9.49. The fourth-order valence-corrected chi connectivity index (χ4v) is 1.65. The lowest BCUT2D eigenvalue weighted by Crippen LogP contribution is -2.44. The van der Waals surface area contributed by atoms with Crippen molar-refractivity contribution in [3.63, 3.8) is 0 Å². The number of carbonyl (C=O) groups is 1. The van der Waals surface area contributed by atoms with Crippen molar-refractivity contribution in [2.45, 2.75) is 19.4 Å². The Morgan fingerprint density at radius 3 is 2.44 bits per heavy atom. The van der Waals surface area contributed by atoms with Gasteiger partial charge in [0, 0.05) is 7.05 Å². The minimum atomic E-state index is -3.93. The molecule has 0 bridgehead atoms. The highest BCUT2D eigenvalue weighted by Gasteiger charge is 2.16. The minimum absolute atomic E-state index is 0.223.